The Balaban J connectivity index is 1.93. The number of carbonyl (C=O) groups excluding carboxylic acids is 2. The number of hydrogen-bond donors (Lipinski definition) is 2. The van der Waals surface area contributed by atoms with Crippen LogP contribution in [0.1, 0.15) is 18.1 Å². The van der Waals surface area contributed by atoms with E-state index in [2.05, 4.69) is 5.32 Å². The summed E-state index contributed by atoms with van der Waals surface area (Å²) in [5, 5.41) is 11.9. The van der Waals surface area contributed by atoms with Gasteiger partial charge in [-0.3, -0.25) is 9.59 Å². The molecule has 132 valence electrons. The molecule has 0 radical (unpaired) electrons. The molecular weight excluding hydrogens is 316 g/mol. The fourth-order valence-electron chi connectivity index (χ4n) is 2.59. The van der Waals surface area contributed by atoms with Gasteiger partial charge in [-0.1, -0.05) is 42.5 Å². The van der Waals surface area contributed by atoms with Crippen molar-refractivity contribution in [2.75, 3.05) is 25.0 Å². The molecule has 0 aliphatic carbocycles. The average molecular weight is 340 g/mol. The first-order chi connectivity index (χ1) is 12.1. The van der Waals surface area contributed by atoms with E-state index in [1.807, 2.05) is 42.5 Å². The van der Waals surface area contributed by atoms with E-state index in [0.717, 1.165) is 17.5 Å². The highest BCUT2D eigenvalue weighted by atomic mass is 16.3. The van der Waals surface area contributed by atoms with Gasteiger partial charge in [-0.15, -0.1) is 0 Å². The molecule has 25 heavy (non-hydrogen) atoms. The third-order valence-corrected chi connectivity index (χ3v) is 3.87. The van der Waals surface area contributed by atoms with Crippen LogP contribution in [0.15, 0.2) is 54.6 Å². The zero-order valence-electron chi connectivity index (χ0n) is 14.4. The molecule has 0 saturated heterocycles. The van der Waals surface area contributed by atoms with Crippen molar-refractivity contribution >= 4 is 17.5 Å². The van der Waals surface area contributed by atoms with Crippen LogP contribution in [0, 0.1) is 0 Å². The Hall–Kier alpha value is -2.66. The molecule has 0 aliphatic rings. The van der Waals surface area contributed by atoms with E-state index in [1.54, 1.807) is 17.0 Å². The van der Waals surface area contributed by atoms with Gasteiger partial charge >= 0.3 is 0 Å². The molecule has 0 spiro atoms. The van der Waals surface area contributed by atoms with Gasteiger partial charge in [0.1, 0.15) is 0 Å². The lowest BCUT2D eigenvalue weighted by molar-refractivity contribution is -0.131. The summed E-state index contributed by atoms with van der Waals surface area (Å²) in [5.41, 5.74) is 2.75. The van der Waals surface area contributed by atoms with E-state index in [1.165, 1.54) is 6.92 Å². The molecule has 0 fully saturated rings. The molecule has 0 unspecified atom stereocenters. The second-order valence-electron chi connectivity index (χ2n) is 5.89. The van der Waals surface area contributed by atoms with Gasteiger partial charge in [0.05, 0.1) is 13.0 Å². The van der Waals surface area contributed by atoms with E-state index < -0.39 is 0 Å². The summed E-state index contributed by atoms with van der Waals surface area (Å²) < 4.78 is 0. The smallest absolute Gasteiger partial charge is 0.227 e. The lowest BCUT2D eigenvalue weighted by Crippen LogP contribution is -2.36. The number of hydrogen-bond acceptors (Lipinski definition) is 3. The van der Waals surface area contributed by atoms with Crippen LogP contribution in [-0.2, 0) is 22.4 Å². The molecule has 2 rings (SSSR count). The van der Waals surface area contributed by atoms with Gasteiger partial charge in [0.25, 0.3) is 0 Å². The summed E-state index contributed by atoms with van der Waals surface area (Å²) in [6, 6.07) is 17.2. The van der Waals surface area contributed by atoms with Crippen molar-refractivity contribution in [1.29, 1.82) is 0 Å². The molecule has 0 bridgehead atoms. The van der Waals surface area contributed by atoms with Crippen molar-refractivity contribution in [3.63, 3.8) is 0 Å². The third kappa shape index (κ3) is 6.39. The molecule has 2 aromatic carbocycles. The number of aliphatic hydroxyl groups is 1. The molecular formula is C20H24N2O3. The van der Waals surface area contributed by atoms with Crippen molar-refractivity contribution < 1.29 is 14.7 Å². The standard InChI is InChI=1S/C20H24N2O3/c1-16(24)21-19-9-7-18(8-10-19)15-20(25)22(13-14-23)12-11-17-5-3-2-4-6-17/h2-10,23H,11-15H2,1H3,(H,21,24). The summed E-state index contributed by atoms with van der Waals surface area (Å²) in [4.78, 5) is 25.3. The highest BCUT2D eigenvalue weighted by Crippen LogP contribution is 2.11. The quantitative estimate of drug-likeness (QED) is 0.774. The zero-order chi connectivity index (χ0) is 18.1. The molecule has 0 saturated carbocycles. The number of carbonyl (C=O) groups is 2. The average Bonchev–Trinajstić information content (AvgIpc) is 2.60. The number of aliphatic hydroxyl groups excluding tert-OH is 1. The number of nitrogens with zero attached hydrogens (tertiary/aromatic N) is 1. The molecule has 0 aromatic heterocycles. The highest BCUT2D eigenvalue weighted by molar-refractivity contribution is 5.88. The van der Waals surface area contributed by atoms with Crippen LogP contribution in [0.2, 0.25) is 0 Å². The van der Waals surface area contributed by atoms with Crippen LogP contribution < -0.4 is 5.32 Å². The molecule has 5 heteroatoms. The fraction of sp³-hybridized carbons (Fsp3) is 0.300. The van der Waals surface area contributed by atoms with Gasteiger partial charge in [0.2, 0.25) is 11.8 Å². The number of nitrogens with one attached hydrogen (secondary N) is 1. The van der Waals surface area contributed by atoms with Gasteiger partial charge in [-0.05, 0) is 29.7 Å². The van der Waals surface area contributed by atoms with Gasteiger partial charge in [-0.25, -0.2) is 0 Å². The molecule has 0 aliphatic heterocycles. The first-order valence-electron chi connectivity index (χ1n) is 8.37. The number of anilines is 1. The summed E-state index contributed by atoms with van der Waals surface area (Å²) in [6.45, 7) is 2.31. The second-order valence-corrected chi connectivity index (χ2v) is 5.89. The number of rotatable bonds is 8. The van der Waals surface area contributed by atoms with Gasteiger partial charge in [-0.2, -0.15) is 0 Å². The van der Waals surface area contributed by atoms with Crippen LogP contribution in [0.3, 0.4) is 0 Å². The number of benzene rings is 2. The first kappa shape index (κ1) is 18.7. The Morgan fingerprint density at radius 3 is 2.24 bits per heavy atom. The van der Waals surface area contributed by atoms with Crippen LogP contribution in [0.5, 0.6) is 0 Å². The summed E-state index contributed by atoms with van der Waals surface area (Å²) >= 11 is 0. The van der Waals surface area contributed by atoms with Crippen LogP contribution in [0.25, 0.3) is 0 Å². The Morgan fingerprint density at radius 2 is 1.64 bits per heavy atom. The van der Waals surface area contributed by atoms with E-state index >= 15 is 0 Å². The van der Waals surface area contributed by atoms with Crippen LogP contribution >= 0.6 is 0 Å². The van der Waals surface area contributed by atoms with Crippen LogP contribution in [0.4, 0.5) is 5.69 Å². The molecule has 2 amide bonds. The predicted molar refractivity (Wildman–Crippen MR) is 98.3 cm³/mol. The van der Waals surface area contributed by atoms with E-state index in [9.17, 15) is 14.7 Å². The minimum atomic E-state index is -0.126. The van der Waals surface area contributed by atoms with E-state index in [-0.39, 0.29) is 24.8 Å². The molecule has 5 nitrogen and oxygen atoms in total. The summed E-state index contributed by atoms with van der Waals surface area (Å²) in [5.74, 6) is -0.142. The summed E-state index contributed by atoms with van der Waals surface area (Å²) in [7, 11) is 0. The molecule has 2 aromatic rings. The second kappa shape index (κ2) is 9.59. The molecule has 2 N–H and O–H groups in total. The van der Waals surface area contributed by atoms with Gasteiger partial charge in [0.15, 0.2) is 0 Å². The van der Waals surface area contributed by atoms with Crippen molar-refractivity contribution in [1.82, 2.24) is 4.90 Å². The minimum Gasteiger partial charge on any atom is -0.395 e. The van der Waals surface area contributed by atoms with Crippen molar-refractivity contribution in [2.24, 2.45) is 0 Å². The normalized spacial score (nSPS) is 10.3. The maximum atomic E-state index is 12.5. The zero-order valence-corrected chi connectivity index (χ0v) is 14.4. The molecule has 0 heterocycles. The Morgan fingerprint density at radius 1 is 0.960 bits per heavy atom. The maximum Gasteiger partial charge on any atom is 0.227 e. The highest BCUT2D eigenvalue weighted by Gasteiger charge is 2.13. The maximum absolute atomic E-state index is 12.5. The van der Waals surface area contributed by atoms with Crippen molar-refractivity contribution in [2.45, 2.75) is 19.8 Å². The number of amides is 2. The monoisotopic (exact) mass is 340 g/mol. The largest absolute Gasteiger partial charge is 0.395 e. The van der Waals surface area contributed by atoms with Crippen molar-refractivity contribution in [3.05, 3.63) is 65.7 Å². The van der Waals surface area contributed by atoms with Crippen molar-refractivity contribution in [3.8, 4) is 0 Å². The summed E-state index contributed by atoms with van der Waals surface area (Å²) in [6.07, 6.45) is 1.03. The predicted octanol–water partition coefficient (Wildman–Crippen LogP) is 2.25. The lowest BCUT2D eigenvalue weighted by atomic mass is 10.1. The minimum absolute atomic E-state index is 0.0164. The lowest BCUT2D eigenvalue weighted by Gasteiger charge is -2.22. The van der Waals surface area contributed by atoms with E-state index in [4.69, 9.17) is 0 Å². The van der Waals surface area contributed by atoms with E-state index in [0.29, 0.717) is 18.8 Å². The Labute approximate surface area is 148 Å². The van der Waals surface area contributed by atoms with Gasteiger partial charge < -0.3 is 15.3 Å². The third-order valence-electron chi connectivity index (χ3n) is 3.87. The van der Waals surface area contributed by atoms with Crippen LogP contribution in [-0.4, -0.2) is 41.5 Å². The Bertz CT molecular complexity index is 684. The van der Waals surface area contributed by atoms with Gasteiger partial charge in [0, 0.05) is 25.7 Å². The SMILES string of the molecule is CC(=O)Nc1ccc(CC(=O)N(CCO)CCc2ccccc2)cc1. The molecule has 0 atom stereocenters. The Kier molecular flexibility index (Phi) is 7.16. The first-order valence-corrected chi connectivity index (χ1v) is 8.37. The topological polar surface area (TPSA) is 69.6 Å². The fourth-order valence-corrected chi connectivity index (χ4v) is 2.59.